The van der Waals surface area contributed by atoms with Gasteiger partial charge in [-0.05, 0) is 19.3 Å². The Balaban J connectivity index is 2.08. The summed E-state index contributed by atoms with van der Waals surface area (Å²) in [6.07, 6.45) is 3.90. The molecule has 1 atom stereocenters. The summed E-state index contributed by atoms with van der Waals surface area (Å²) in [5.74, 6) is 3.22. The molecule has 1 fully saturated rings. The van der Waals surface area contributed by atoms with Crippen molar-refractivity contribution in [3.05, 3.63) is 18.0 Å². The number of benzene rings is 1. The van der Waals surface area contributed by atoms with Crippen molar-refractivity contribution < 1.29 is 9.47 Å². The van der Waals surface area contributed by atoms with Crippen LogP contribution in [-0.4, -0.2) is 23.8 Å². The van der Waals surface area contributed by atoms with E-state index in [4.69, 9.17) is 26.1 Å². The molecule has 1 unspecified atom stereocenters. The van der Waals surface area contributed by atoms with Gasteiger partial charge in [0.1, 0.15) is 5.82 Å². The van der Waals surface area contributed by atoms with Gasteiger partial charge in [-0.2, -0.15) is 0 Å². The molecule has 1 saturated carbocycles. The number of nitrogens with zero attached hydrogens (tertiary/aromatic N) is 2. The van der Waals surface area contributed by atoms with Crippen LogP contribution in [0.15, 0.2) is 12.1 Å². The summed E-state index contributed by atoms with van der Waals surface area (Å²) in [5, 5.41) is -0.117. The minimum Gasteiger partial charge on any atom is -0.493 e. The third kappa shape index (κ3) is 2.82. The van der Waals surface area contributed by atoms with Gasteiger partial charge in [0.25, 0.3) is 0 Å². The minimum absolute atomic E-state index is 0.117. The van der Waals surface area contributed by atoms with E-state index in [-0.39, 0.29) is 5.38 Å². The Labute approximate surface area is 130 Å². The van der Waals surface area contributed by atoms with Crippen molar-refractivity contribution in [2.24, 2.45) is 5.92 Å². The first-order valence-electron chi connectivity index (χ1n) is 7.40. The minimum atomic E-state index is -0.117. The number of fused-ring (bicyclic) bond motifs is 1. The second-order valence-corrected chi connectivity index (χ2v) is 6.32. The number of aryl methyl sites for hydroxylation is 1. The van der Waals surface area contributed by atoms with Gasteiger partial charge in [-0.15, -0.1) is 11.6 Å². The van der Waals surface area contributed by atoms with Crippen LogP contribution in [0.2, 0.25) is 0 Å². The predicted molar refractivity (Wildman–Crippen MR) is 84.4 cm³/mol. The summed E-state index contributed by atoms with van der Waals surface area (Å²) in [6, 6.07) is 3.92. The Bertz CT molecular complexity index is 647. The lowest BCUT2D eigenvalue weighted by atomic mass is 10.2. The topological polar surface area (TPSA) is 36.3 Å². The molecule has 0 saturated heterocycles. The fraction of sp³-hybridized carbons (Fsp3) is 0.562. The van der Waals surface area contributed by atoms with Gasteiger partial charge < -0.3 is 14.0 Å². The molecule has 114 valence electrons. The molecule has 0 bridgehead atoms. The fourth-order valence-corrected chi connectivity index (χ4v) is 2.89. The highest BCUT2D eigenvalue weighted by Crippen LogP contribution is 2.37. The van der Waals surface area contributed by atoms with Gasteiger partial charge in [0.15, 0.2) is 11.5 Å². The number of aromatic nitrogens is 2. The first kappa shape index (κ1) is 14.5. The number of rotatable bonds is 6. The quantitative estimate of drug-likeness (QED) is 0.752. The van der Waals surface area contributed by atoms with E-state index in [1.54, 1.807) is 14.2 Å². The average molecular weight is 309 g/mol. The molecule has 1 aromatic heterocycles. The van der Waals surface area contributed by atoms with Crippen LogP contribution in [0.4, 0.5) is 0 Å². The average Bonchev–Trinajstić information content (AvgIpc) is 3.24. The Morgan fingerprint density at radius 2 is 1.95 bits per heavy atom. The molecular formula is C16H21ClN2O2. The van der Waals surface area contributed by atoms with E-state index in [1.807, 2.05) is 19.1 Å². The number of methoxy groups -OCH3 is 2. The number of imidazole rings is 1. The van der Waals surface area contributed by atoms with E-state index >= 15 is 0 Å². The van der Waals surface area contributed by atoms with Crippen molar-refractivity contribution in [3.63, 3.8) is 0 Å². The van der Waals surface area contributed by atoms with E-state index in [0.29, 0.717) is 5.75 Å². The van der Waals surface area contributed by atoms with E-state index in [1.165, 1.54) is 19.3 Å². The largest absolute Gasteiger partial charge is 0.493 e. The first-order chi connectivity index (χ1) is 10.1. The summed E-state index contributed by atoms with van der Waals surface area (Å²) >= 11 is 6.31. The predicted octanol–water partition coefficient (Wildman–Crippen LogP) is 4.15. The molecular weight excluding hydrogens is 288 g/mol. The van der Waals surface area contributed by atoms with Crippen LogP contribution >= 0.6 is 11.6 Å². The summed E-state index contributed by atoms with van der Waals surface area (Å²) in [5.41, 5.74) is 1.97. The van der Waals surface area contributed by atoms with Gasteiger partial charge in [-0.3, -0.25) is 0 Å². The SMILES string of the molecule is COc1cc2nc(C(C)Cl)n(CCC3CC3)c2cc1OC. The van der Waals surface area contributed by atoms with E-state index in [0.717, 1.165) is 35.1 Å². The Morgan fingerprint density at radius 1 is 1.29 bits per heavy atom. The second-order valence-electron chi connectivity index (χ2n) is 5.67. The van der Waals surface area contributed by atoms with Gasteiger partial charge in [-0.1, -0.05) is 12.8 Å². The molecule has 0 amide bonds. The maximum atomic E-state index is 6.31. The Morgan fingerprint density at radius 3 is 2.52 bits per heavy atom. The zero-order valence-corrected chi connectivity index (χ0v) is 13.5. The van der Waals surface area contributed by atoms with Crippen molar-refractivity contribution in [2.45, 2.75) is 38.1 Å². The molecule has 1 aromatic carbocycles. The zero-order chi connectivity index (χ0) is 15.0. The van der Waals surface area contributed by atoms with Crippen molar-refractivity contribution in [1.29, 1.82) is 0 Å². The molecule has 2 aromatic rings. The lowest BCUT2D eigenvalue weighted by Gasteiger charge is -2.11. The van der Waals surface area contributed by atoms with Gasteiger partial charge in [0.05, 0.1) is 30.6 Å². The highest BCUT2D eigenvalue weighted by Gasteiger charge is 2.23. The summed E-state index contributed by atoms with van der Waals surface area (Å²) in [4.78, 5) is 4.69. The standard InChI is InChI=1S/C16H21ClN2O2/c1-10(17)16-18-12-8-14(20-2)15(21-3)9-13(12)19(16)7-6-11-4-5-11/h8-11H,4-7H2,1-3H3. The van der Waals surface area contributed by atoms with Crippen LogP contribution < -0.4 is 9.47 Å². The van der Waals surface area contributed by atoms with E-state index in [9.17, 15) is 0 Å². The molecule has 5 heteroatoms. The first-order valence-corrected chi connectivity index (χ1v) is 7.84. The molecule has 21 heavy (non-hydrogen) atoms. The third-order valence-corrected chi connectivity index (χ3v) is 4.29. The van der Waals surface area contributed by atoms with Crippen molar-refractivity contribution >= 4 is 22.6 Å². The summed E-state index contributed by atoms with van der Waals surface area (Å²) < 4.78 is 13.0. The maximum Gasteiger partial charge on any atom is 0.163 e. The van der Waals surface area contributed by atoms with Gasteiger partial charge in [0.2, 0.25) is 0 Å². The molecule has 3 rings (SSSR count). The molecule has 1 aliphatic carbocycles. The van der Waals surface area contributed by atoms with Crippen LogP contribution in [-0.2, 0) is 6.54 Å². The molecule has 1 heterocycles. The van der Waals surface area contributed by atoms with Crippen molar-refractivity contribution in [3.8, 4) is 11.5 Å². The third-order valence-electron chi connectivity index (χ3n) is 4.10. The highest BCUT2D eigenvalue weighted by atomic mass is 35.5. The van der Waals surface area contributed by atoms with Crippen molar-refractivity contribution in [2.75, 3.05) is 14.2 Å². The monoisotopic (exact) mass is 308 g/mol. The molecule has 4 nitrogen and oxygen atoms in total. The molecule has 0 N–H and O–H groups in total. The number of ether oxygens (including phenoxy) is 2. The maximum absolute atomic E-state index is 6.31. The van der Waals surface area contributed by atoms with Gasteiger partial charge in [-0.25, -0.2) is 4.98 Å². The van der Waals surface area contributed by atoms with Crippen LogP contribution in [0.3, 0.4) is 0 Å². The van der Waals surface area contributed by atoms with Gasteiger partial charge >= 0.3 is 0 Å². The second kappa shape index (κ2) is 5.76. The highest BCUT2D eigenvalue weighted by molar-refractivity contribution is 6.20. The smallest absolute Gasteiger partial charge is 0.163 e. The molecule has 0 spiro atoms. The molecule has 0 radical (unpaired) electrons. The fourth-order valence-electron chi connectivity index (χ4n) is 2.73. The van der Waals surface area contributed by atoms with E-state index in [2.05, 4.69) is 4.57 Å². The van der Waals surface area contributed by atoms with Crippen LogP contribution in [0.25, 0.3) is 11.0 Å². The zero-order valence-electron chi connectivity index (χ0n) is 12.7. The number of halogens is 1. The molecule has 0 aliphatic heterocycles. The van der Waals surface area contributed by atoms with Gasteiger partial charge in [0, 0.05) is 18.7 Å². The normalized spacial score (nSPS) is 16.2. The number of alkyl halides is 1. The number of hydrogen-bond donors (Lipinski definition) is 0. The Hall–Kier alpha value is -1.42. The lowest BCUT2D eigenvalue weighted by Crippen LogP contribution is -2.05. The summed E-state index contributed by atoms with van der Waals surface area (Å²) in [7, 11) is 3.29. The van der Waals surface area contributed by atoms with Crippen molar-refractivity contribution in [1.82, 2.24) is 9.55 Å². The summed E-state index contributed by atoms with van der Waals surface area (Å²) in [6.45, 7) is 2.92. The van der Waals surface area contributed by atoms with Crippen LogP contribution in [0, 0.1) is 5.92 Å². The number of hydrogen-bond acceptors (Lipinski definition) is 3. The Kier molecular flexibility index (Phi) is 3.98. The van der Waals surface area contributed by atoms with Crippen LogP contribution in [0.5, 0.6) is 11.5 Å². The lowest BCUT2D eigenvalue weighted by molar-refractivity contribution is 0.355. The molecule has 1 aliphatic rings. The van der Waals surface area contributed by atoms with E-state index < -0.39 is 0 Å². The van der Waals surface area contributed by atoms with Crippen LogP contribution in [0.1, 0.15) is 37.4 Å².